The van der Waals surface area contributed by atoms with Crippen LogP contribution in [-0.2, 0) is 14.3 Å². The Hall–Kier alpha value is -1.16. The lowest BCUT2D eigenvalue weighted by Crippen LogP contribution is -2.22. The monoisotopic (exact) mass is 186 g/mol. The van der Waals surface area contributed by atoms with Gasteiger partial charge in [0.15, 0.2) is 0 Å². The Bertz CT molecular complexity index is 206. The van der Waals surface area contributed by atoms with Crippen LogP contribution in [0.4, 0.5) is 0 Å². The number of ether oxygens (including phenoxy) is 1. The molecule has 0 aromatic heterocycles. The first-order chi connectivity index (χ1) is 6.07. The van der Waals surface area contributed by atoms with Crippen molar-refractivity contribution < 1.29 is 19.4 Å². The summed E-state index contributed by atoms with van der Waals surface area (Å²) in [6.07, 6.45) is 3.06. The zero-order valence-corrected chi connectivity index (χ0v) is 7.82. The molecule has 1 atom stereocenters. The summed E-state index contributed by atoms with van der Waals surface area (Å²) in [7, 11) is 0. The standard InChI is InChI=1S/C9H14O4/c1-3-4-5-6-8(11)13-9(12)7(2)10/h4-5,7,10H,3,6H2,1-2H3. The fourth-order valence-electron chi connectivity index (χ4n) is 0.585. The van der Waals surface area contributed by atoms with E-state index < -0.39 is 18.0 Å². The summed E-state index contributed by atoms with van der Waals surface area (Å²) in [5.41, 5.74) is 0. The van der Waals surface area contributed by atoms with E-state index in [1.54, 1.807) is 12.2 Å². The second kappa shape index (κ2) is 6.37. The van der Waals surface area contributed by atoms with Crippen LogP contribution in [0.2, 0.25) is 0 Å². The van der Waals surface area contributed by atoms with Gasteiger partial charge in [-0.05, 0) is 13.3 Å². The molecule has 0 aromatic rings. The van der Waals surface area contributed by atoms with E-state index >= 15 is 0 Å². The molecule has 74 valence electrons. The Kier molecular flexibility index (Phi) is 5.80. The number of carbonyl (C=O) groups is 2. The molecule has 0 aromatic carbocycles. The van der Waals surface area contributed by atoms with Crippen molar-refractivity contribution in [2.24, 2.45) is 0 Å². The van der Waals surface area contributed by atoms with E-state index in [9.17, 15) is 9.59 Å². The molecule has 0 saturated carbocycles. The third kappa shape index (κ3) is 6.04. The number of aliphatic hydroxyl groups excluding tert-OH is 1. The molecule has 0 bridgehead atoms. The molecule has 4 heteroatoms. The van der Waals surface area contributed by atoms with Crippen LogP contribution in [0.5, 0.6) is 0 Å². The molecular formula is C9H14O4. The number of rotatable bonds is 4. The van der Waals surface area contributed by atoms with Crippen LogP contribution in [0.25, 0.3) is 0 Å². The van der Waals surface area contributed by atoms with Crippen LogP contribution in [0.1, 0.15) is 26.7 Å². The number of carbonyl (C=O) groups excluding carboxylic acids is 2. The molecule has 1 N–H and O–H groups in total. The molecule has 0 saturated heterocycles. The van der Waals surface area contributed by atoms with Crippen molar-refractivity contribution >= 4 is 11.9 Å². The van der Waals surface area contributed by atoms with Crippen molar-refractivity contribution in [3.8, 4) is 0 Å². The average molecular weight is 186 g/mol. The Morgan fingerprint density at radius 1 is 1.46 bits per heavy atom. The van der Waals surface area contributed by atoms with Crippen molar-refractivity contribution in [2.75, 3.05) is 0 Å². The van der Waals surface area contributed by atoms with Gasteiger partial charge in [0.25, 0.3) is 0 Å². The first kappa shape index (κ1) is 11.8. The van der Waals surface area contributed by atoms with Crippen LogP contribution in [0.15, 0.2) is 12.2 Å². The van der Waals surface area contributed by atoms with Gasteiger partial charge in [-0.1, -0.05) is 19.1 Å². The summed E-state index contributed by atoms with van der Waals surface area (Å²) in [6.45, 7) is 3.18. The molecule has 0 radical (unpaired) electrons. The highest BCUT2D eigenvalue weighted by atomic mass is 16.6. The smallest absolute Gasteiger partial charge is 0.342 e. The first-order valence-electron chi connectivity index (χ1n) is 4.15. The second-order valence-electron chi connectivity index (χ2n) is 2.55. The zero-order valence-electron chi connectivity index (χ0n) is 7.82. The van der Waals surface area contributed by atoms with Crippen LogP contribution in [0, 0.1) is 0 Å². The fourth-order valence-corrected chi connectivity index (χ4v) is 0.585. The van der Waals surface area contributed by atoms with E-state index in [-0.39, 0.29) is 6.42 Å². The number of allylic oxidation sites excluding steroid dienone is 1. The van der Waals surface area contributed by atoms with Crippen molar-refractivity contribution in [2.45, 2.75) is 32.8 Å². The number of hydrogen-bond donors (Lipinski definition) is 1. The zero-order chi connectivity index (χ0) is 10.3. The Morgan fingerprint density at radius 2 is 2.08 bits per heavy atom. The Labute approximate surface area is 77.2 Å². The number of esters is 2. The number of aliphatic hydroxyl groups is 1. The summed E-state index contributed by atoms with van der Waals surface area (Å²) in [6, 6.07) is 0. The molecule has 0 spiro atoms. The lowest BCUT2D eigenvalue weighted by Gasteiger charge is -2.02. The number of hydrogen-bond acceptors (Lipinski definition) is 4. The van der Waals surface area contributed by atoms with Crippen molar-refractivity contribution in [1.29, 1.82) is 0 Å². The van der Waals surface area contributed by atoms with E-state index in [0.717, 1.165) is 6.42 Å². The third-order valence-electron chi connectivity index (χ3n) is 1.24. The molecule has 0 amide bonds. The van der Waals surface area contributed by atoms with Gasteiger partial charge in [0.1, 0.15) is 6.10 Å². The summed E-state index contributed by atoms with van der Waals surface area (Å²) < 4.78 is 4.28. The molecule has 1 unspecified atom stereocenters. The maximum atomic E-state index is 10.8. The van der Waals surface area contributed by atoms with Crippen molar-refractivity contribution in [3.05, 3.63) is 12.2 Å². The van der Waals surface area contributed by atoms with Gasteiger partial charge in [0.2, 0.25) is 0 Å². The quantitative estimate of drug-likeness (QED) is 0.400. The fraction of sp³-hybridized carbons (Fsp3) is 0.556. The molecule has 0 aliphatic rings. The van der Waals surface area contributed by atoms with Crippen LogP contribution in [0.3, 0.4) is 0 Å². The molecule has 0 aliphatic carbocycles. The first-order valence-corrected chi connectivity index (χ1v) is 4.15. The van der Waals surface area contributed by atoms with E-state index in [0.29, 0.717) is 0 Å². The maximum Gasteiger partial charge on any atom is 0.342 e. The highest BCUT2D eigenvalue weighted by molar-refractivity contribution is 5.88. The van der Waals surface area contributed by atoms with E-state index in [1.165, 1.54) is 6.92 Å². The molecule has 4 nitrogen and oxygen atoms in total. The highest BCUT2D eigenvalue weighted by Gasteiger charge is 2.13. The topological polar surface area (TPSA) is 63.6 Å². The maximum absolute atomic E-state index is 10.8. The molecule has 13 heavy (non-hydrogen) atoms. The Balaban J connectivity index is 3.75. The van der Waals surface area contributed by atoms with E-state index in [4.69, 9.17) is 5.11 Å². The van der Waals surface area contributed by atoms with Crippen LogP contribution < -0.4 is 0 Å². The van der Waals surface area contributed by atoms with Gasteiger partial charge in [0, 0.05) is 0 Å². The summed E-state index contributed by atoms with van der Waals surface area (Å²) in [5.74, 6) is -1.55. The van der Waals surface area contributed by atoms with Gasteiger partial charge in [-0.25, -0.2) is 4.79 Å². The molecule has 0 aliphatic heterocycles. The summed E-state index contributed by atoms with van der Waals surface area (Å²) >= 11 is 0. The SMILES string of the molecule is CCC=CCC(=O)OC(=O)C(C)O. The minimum Gasteiger partial charge on any atom is -0.391 e. The Morgan fingerprint density at radius 3 is 2.54 bits per heavy atom. The van der Waals surface area contributed by atoms with Gasteiger partial charge in [-0.3, -0.25) is 4.79 Å². The summed E-state index contributed by atoms with van der Waals surface area (Å²) in [5, 5.41) is 8.70. The van der Waals surface area contributed by atoms with Gasteiger partial charge in [0.05, 0.1) is 6.42 Å². The predicted octanol–water partition coefficient (Wildman–Crippen LogP) is 0.793. The molecule has 0 fully saturated rings. The van der Waals surface area contributed by atoms with Crippen LogP contribution >= 0.6 is 0 Å². The third-order valence-corrected chi connectivity index (χ3v) is 1.24. The summed E-state index contributed by atoms with van der Waals surface area (Å²) in [4.78, 5) is 21.5. The van der Waals surface area contributed by atoms with E-state index in [2.05, 4.69) is 4.74 Å². The lowest BCUT2D eigenvalue weighted by atomic mass is 10.3. The second-order valence-corrected chi connectivity index (χ2v) is 2.55. The minimum absolute atomic E-state index is 0.0618. The van der Waals surface area contributed by atoms with E-state index in [1.807, 2.05) is 6.92 Å². The largest absolute Gasteiger partial charge is 0.391 e. The van der Waals surface area contributed by atoms with Crippen molar-refractivity contribution in [1.82, 2.24) is 0 Å². The van der Waals surface area contributed by atoms with Gasteiger partial charge >= 0.3 is 11.9 Å². The van der Waals surface area contributed by atoms with Crippen molar-refractivity contribution in [3.63, 3.8) is 0 Å². The molecule has 0 heterocycles. The molecular weight excluding hydrogens is 172 g/mol. The molecule has 0 rings (SSSR count). The normalized spacial score (nSPS) is 12.8. The van der Waals surface area contributed by atoms with Gasteiger partial charge < -0.3 is 9.84 Å². The van der Waals surface area contributed by atoms with Crippen LogP contribution in [-0.4, -0.2) is 23.1 Å². The van der Waals surface area contributed by atoms with Gasteiger partial charge in [-0.2, -0.15) is 0 Å². The van der Waals surface area contributed by atoms with Gasteiger partial charge in [-0.15, -0.1) is 0 Å². The average Bonchev–Trinajstić information content (AvgIpc) is 2.04. The lowest BCUT2D eigenvalue weighted by molar-refractivity contribution is -0.164. The highest BCUT2D eigenvalue weighted by Crippen LogP contribution is 1.93. The minimum atomic E-state index is -1.25. The predicted molar refractivity (Wildman–Crippen MR) is 46.8 cm³/mol.